The number of fused-ring (bicyclic) bond motifs is 5. The van der Waals surface area contributed by atoms with Gasteiger partial charge in [-0.25, -0.2) is 69.8 Å². The smallest absolute Gasteiger partial charge is 0.293 e. The molecule has 5 aliphatic rings. The third kappa shape index (κ3) is 22.8. The third-order valence-corrected chi connectivity index (χ3v) is 29.8. The van der Waals surface area contributed by atoms with Gasteiger partial charge in [0.1, 0.15) is 116 Å². The number of anilines is 5. The second kappa shape index (κ2) is 40.5. The summed E-state index contributed by atoms with van der Waals surface area (Å²) in [5.74, 6) is 3.91. The van der Waals surface area contributed by atoms with Gasteiger partial charge in [-0.2, -0.15) is 9.37 Å². The summed E-state index contributed by atoms with van der Waals surface area (Å²) in [6.45, 7) is 22.9. The molecular formula is C80H129FN25O15P5. The predicted octanol–water partition coefficient (Wildman–Crippen LogP) is 3.94. The van der Waals surface area contributed by atoms with E-state index < -0.39 is 163 Å². The number of rotatable bonds is 26. The zero-order chi connectivity index (χ0) is 92.5. The van der Waals surface area contributed by atoms with E-state index in [1.54, 1.807) is 25.2 Å². The molecule has 5 aliphatic heterocycles. The monoisotopic (exact) mass is 1850 g/mol. The van der Waals surface area contributed by atoms with Gasteiger partial charge in [0.2, 0.25) is 0 Å². The first-order valence-corrected chi connectivity index (χ1v) is 57.3. The Labute approximate surface area is 732 Å². The number of aromatic nitrogens is 20. The average molecular weight is 1850 g/mol. The molecule has 0 saturated carbocycles. The second-order valence-electron chi connectivity index (χ2n) is 36.3. The van der Waals surface area contributed by atoms with Gasteiger partial charge in [0.05, 0.1) is 30.5 Å². The largest absolute Gasteiger partial charge is 0.388 e. The highest BCUT2D eigenvalue weighted by atomic mass is 31.2. The molecule has 46 heteroatoms. The zero-order valence-corrected chi connectivity index (χ0v) is 78.7. The van der Waals surface area contributed by atoms with Crippen LogP contribution in [0.25, 0.3) is 55.8 Å². The lowest BCUT2D eigenvalue weighted by molar-refractivity contribution is -0.0413. The Morgan fingerprint density at radius 2 is 0.563 bits per heavy atom. The minimum atomic E-state index is -1.30. The lowest BCUT2D eigenvalue weighted by Gasteiger charge is -2.20. The number of hydrogen-bond acceptors (Lipinski definition) is 35. The zero-order valence-electron chi connectivity index (χ0n) is 74.2. The van der Waals surface area contributed by atoms with E-state index in [1.807, 2.05) is 13.8 Å². The Hall–Kier alpha value is -7.42. The van der Waals surface area contributed by atoms with E-state index in [2.05, 4.69) is 180 Å². The Balaban J connectivity index is 0.000000153. The van der Waals surface area contributed by atoms with Crippen LogP contribution < -0.4 is 28.7 Å². The van der Waals surface area contributed by atoms with Crippen molar-refractivity contribution in [2.24, 2.45) is 0 Å². The Kier molecular flexibility index (Phi) is 31.9. The van der Waals surface area contributed by atoms with Gasteiger partial charge in [-0.3, -0.25) is 22.8 Å². The molecule has 126 heavy (non-hydrogen) atoms. The van der Waals surface area contributed by atoms with Gasteiger partial charge in [-0.1, -0.05) is 27.2 Å². The highest BCUT2D eigenvalue weighted by Crippen LogP contribution is 2.47. The molecule has 696 valence electrons. The lowest BCUT2D eigenvalue weighted by Crippen LogP contribution is -2.32. The number of aliphatic hydroxyl groups is 10. The van der Waals surface area contributed by atoms with E-state index in [9.17, 15) is 55.5 Å². The van der Waals surface area contributed by atoms with Crippen LogP contribution in [0.2, 0.25) is 0 Å². The third-order valence-electron chi connectivity index (χ3n) is 22.5. The molecule has 15 rings (SSSR count). The number of imidazole rings is 5. The van der Waals surface area contributed by atoms with E-state index in [0.717, 1.165) is 66.3 Å². The summed E-state index contributed by atoms with van der Waals surface area (Å²) in [7, 11) is 0. The van der Waals surface area contributed by atoms with Crippen molar-refractivity contribution in [2.75, 3.05) is 126 Å². The predicted molar refractivity (Wildman–Crippen MR) is 502 cm³/mol. The lowest BCUT2D eigenvalue weighted by atomic mass is 10.1. The molecule has 0 spiro atoms. The van der Waals surface area contributed by atoms with Gasteiger partial charge in [0.15, 0.2) is 116 Å². The first-order chi connectivity index (χ1) is 59.1. The summed E-state index contributed by atoms with van der Waals surface area (Å²) in [5.41, 5.74) is 33.5. The highest BCUT2D eigenvalue weighted by molar-refractivity contribution is 7.73. The van der Waals surface area contributed by atoms with Crippen molar-refractivity contribution in [1.82, 2.24) is 97.6 Å². The van der Waals surface area contributed by atoms with Crippen molar-refractivity contribution in [1.29, 1.82) is 0 Å². The highest BCUT2D eigenvalue weighted by Gasteiger charge is 2.50. The normalized spacial score (nSPS) is 27.1. The molecule has 0 aliphatic carbocycles. The molecule has 0 aromatic carbocycles. The minimum Gasteiger partial charge on any atom is -0.388 e. The second-order valence-corrected chi connectivity index (χ2v) is 57.9. The number of hydrogen-bond donors (Lipinski definition) is 15. The molecule has 5 fully saturated rings. The van der Waals surface area contributed by atoms with Crippen molar-refractivity contribution < 1.29 is 79.1 Å². The van der Waals surface area contributed by atoms with Crippen molar-refractivity contribution >= 4 is 151 Å². The summed E-state index contributed by atoms with van der Waals surface area (Å²) < 4.78 is 52.1. The summed E-state index contributed by atoms with van der Waals surface area (Å²) in [6.07, 6.45) is 21.9. The molecule has 5 saturated heterocycles. The van der Waals surface area contributed by atoms with Crippen molar-refractivity contribution in [3.05, 3.63) is 61.0 Å². The molecule has 20 N–H and O–H groups in total. The van der Waals surface area contributed by atoms with E-state index in [1.165, 1.54) is 31.6 Å². The van der Waals surface area contributed by atoms with Crippen LogP contribution in [0.4, 0.5) is 33.5 Å². The van der Waals surface area contributed by atoms with E-state index >= 15 is 0 Å². The quantitative estimate of drug-likeness (QED) is 0.0270. The summed E-state index contributed by atoms with van der Waals surface area (Å²) in [6, 6.07) is 0. The number of halogens is 1. The number of nitrogens with zero attached hydrogens (tertiary/aromatic N) is 20. The first kappa shape index (κ1) is 99.2. The van der Waals surface area contributed by atoms with Gasteiger partial charge in [-0.15, -0.1) is 65.9 Å². The van der Waals surface area contributed by atoms with Gasteiger partial charge in [-0.05, 0) is 149 Å². The van der Waals surface area contributed by atoms with Gasteiger partial charge in [0, 0.05) is 19.3 Å². The van der Waals surface area contributed by atoms with Crippen LogP contribution in [-0.2, 0) is 42.9 Å². The van der Waals surface area contributed by atoms with E-state index in [4.69, 9.17) is 52.4 Å². The fraction of sp³-hybridized carbons (Fsp3) is 0.625. The first-order valence-electron chi connectivity index (χ1n) is 42.0. The fourth-order valence-electron chi connectivity index (χ4n) is 15.6. The fourth-order valence-corrected chi connectivity index (χ4v) is 20.4. The standard InChI is InChI=1S/C18H30N5O3P.C17H28N5O3P.C16H26N5O3P.C15H24N5O3P.C14H21FN5O3P/c1-5-6-7-12-22-13-16(19)20-10-21-17(13)23(12)18-15(25)14(24)11(26-18)8-9-27(2,3)4;1-5-6-11-21-12-15(18)19-9-20-16(12)22(11)17-14(24)13(23)10(25-17)7-8-26(2,3)4;1-5-10-20-11-14(17)18-8-19-15(11)21(10)16-13(23)12(22)9(24-16)6-7-25(2,3)4;1-8-19-10-13(16)17-7-18-14(10)20(8)15-12(22)11(21)9(23-15)5-6-24(2,3)4;1-24(2,3)5-4-7-9(21)10(22)13(23-7)20-12-8(19-14(20)15)11(16)17-6-18-12/h10-11,14-15,18,24-25H,2,5-9H2,1,3-4H3,(H2,19,20,21);9-10,13-14,17,23-24H,2,5-8H2,1,3-4H3,(H2,18,19,20);8-9,12-13,16,22-23H,2,5-7H2,1,3-4H3,(H2,17,18,19);7,9,11-12,15,21-22H,2,5-6H2,1,3-4H3,(H2,16,17,18);6-7,9-10,13,21-22H,1,4-5H2,2-3H3,(H2,16,17,18)/t11-,14-,15-,18?;10-,13-,14-,17?;9-,12-,13-,16?;9-,11-,12-,15?;7-,9-,10-,13?/m11111/s1. The molecule has 20 atom stereocenters. The van der Waals surface area contributed by atoms with Crippen molar-refractivity contribution in [3.8, 4) is 0 Å². The van der Waals surface area contributed by atoms with Crippen LogP contribution in [-0.4, -0.2) is 369 Å². The van der Waals surface area contributed by atoms with Crippen LogP contribution in [0.5, 0.6) is 0 Å². The van der Waals surface area contributed by atoms with Crippen LogP contribution in [0.3, 0.4) is 0 Å². The molecular weight excluding hydrogens is 1720 g/mol. The molecule has 0 radical (unpaired) electrons. The summed E-state index contributed by atoms with van der Waals surface area (Å²) in [4.78, 5) is 62.4. The maximum atomic E-state index is 14.3. The van der Waals surface area contributed by atoms with Crippen LogP contribution >= 0.6 is 34.4 Å². The maximum absolute atomic E-state index is 14.3. The topological polar surface area (TPSA) is 597 Å². The Morgan fingerprint density at radius 3 is 0.841 bits per heavy atom. The number of unbranched alkanes of at least 4 members (excludes halogenated alkanes) is 1. The molecule has 10 aromatic rings. The molecule has 0 bridgehead atoms. The van der Waals surface area contributed by atoms with Crippen LogP contribution in [0.15, 0.2) is 31.6 Å². The SMILES string of the molecule is C=P(C)(C)CC[C@H]1OC(n2c(C)nc3c(N)ncnc32)[C@H](O)[C@@H]1O.C=P(C)(C)CC[C@H]1OC(n2c(CC)nc3c(N)ncnc32)[C@H](O)[C@@H]1O.C=P(C)(C)CC[C@H]1OC(n2c(CCC)nc3c(N)ncnc32)[C@H](O)[C@@H]1O.C=P(C)(C)CC[C@H]1OC(n2c(CCCC)nc3c(N)ncnc32)[C@H](O)[C@@H]1O.C=P(C)(C)CC[C@H]1OC(n2c(F)nc3c(N)ncnc32)[C@H](O)[C@@H]1O. The van der Waals surface area contributed by atoms with Crippen molar-refractivity contribution in [2.45, 2.75) is 221 Å². The Bertz CT molecular complexity index is 5560. The number of ether oxygens (including phenoxy) is 5. The minimum absolute atomic E-state index is 0.0332. The van der Waals surface area contributed by atoms with Gasteiger partial charge >= 0.3 is 0 Å². The average Bonchev–Trinajstić information content (AvgIpc) is 1.61. The number of nitrogens with two attached hydrogens (primary N) is 5. The van der Waals surface area contributed by atoms with E-state index in [-0.39, 0.29) is 28.6 Å². The maximum Gasteiger partial charge on any atom is 0.293 e. The van der Waals surface area contributed by atoms with Crippen molar-refractivity contribution in [3.63, 3.8) is 0 Å². The molecule has 15 heterocycles. The molecule has 40 nitrogen and oxygen atoms in total. The number of nitrogen functional groups attached to an aromatic ring is 5. The molecule has 5 unspecified atom stereocenters. The summed E-state index contributed by atoms with van der Waals surface area (Å²) in [5, 5.41) is 105. The van der Waals surface area contributed by atoms with E-state index in [0.29, 0.717) is 119 Å². The van der Waals surface area contributed by atoms with Crippen LogP contribution in [0, 0.1) is 13.0 Å². The van der Waals surface area contributed by atoms with Gasteiger partial charge < -0.3 is 103 Å². The summed E-state index contributed by atoms with van der Waals surface area (Å²) >= 11 is 0. The molecule has 10 aromatic heterocycles. The molecule has 0 amide bonds. The van der Waals surface area contributed by atoms with Crippen LogP contribution in [0.1, 0.15) is 127 Å². The number of aryl methyl sites for hydroxylation is 4. The Morgan fingerprint density at radius 1 is 0.325 bits per heavy atom. The van der Waals surface area contributed by atoms with Gasteiger partial charge in [0.25, 0.3) is 6.08 Å². The number of aliphatic hydroxyl groups excluding tert-OH is 10.